The van der Waals surface area contributed by atoms with Crippen LogP contribution in [0.25, 0.3) is 0 Å². The molecule has 0 aliphatic carbocycles. The van der Waals surface area contributed by atoms with E-state index in [1.807, 2.05) is 0 Å². The summed E-state index contributed by atoms with van der Waals surface area (Å²) >= 11 is 0. The molecule has 2 N–H and O–H groups in total. The van der Waals surface area contributed by atoms with E-state index in [0.717, 1.165) is 0 Å². The summed E-state index contributed by atoms with van der Waals surface area (Å²) in [7, 11) is 0. The van der Waals surface area contributed by atoms with Crippen molar-refractivity contribution in [2.45, 2.75) is 0 Å². The summed E-state index contributed by atoms with van der Waals surface area (Å²) in [5, 5.41) is 0. The van der Waals surface area contributed by atoms with Crippen LogP contribution in [0.2, 0.25) is 0 Å². The van der Waals surface area contributed by atoms with E-state index in [2.05, 4.69) is 4.74 Å². The van der Waals surface area contributed by atoms with Crippen LogP contribution in [0.5, 0.6) is 5.75 Å². The van der Waals surface area contributed by atoms with Gasteiger partial charge in [-0.05, 0) is 12.1 Å². The molecule has 0 amide bonds. The highest BCUT2D eigenvalue weighted by Crippen LogP contribution is 2.19. The maximum atomic E-state index is 11.6. The highest BCUT2D eigenvalue weighted by atomic mass is 19.1. The Morgan fingerprint density at radius 2 is 2.10 bits per heavy atom. The second-order valence-corrected chi connectivity index (χ2v) is 1.79. The molecule has 0 aliphatic heterocycles. The van der Waals surface area contributed by atoms with Gasteiger partial charge in [-0.15, -0.1) is 0 Å². The fourth-order valence-corrected chi connectivity index (χ4v) is 0.671. The average molecular weight is 141 g/mol. The largest absolute Gasteiger partial charge is 0.461 e. The molecule has 54 valence electrons. The molecular weight excluding hydrogens is 133 g/mol. The van der Waals surface area contributed by atoms with Gasteiger partial charge in [0, 0.05) is 0 Å². The lowest BCUT2D eigenvalue weighted by Crippen LogP contribution is -1.94. The summed E-state index contributed by atoms with van der Waals surface area (Å²) in [5.74, 6) is 0.394. The molecule has 0 aliphatic rings. The highest BCUT2D eigenvalue weighted by Gasteiger charge is 1.94. The van der Waals surface area contributed by atoms with E-state index in [1.54, 1.807) is 24.3 Å². The number of anilines is 1. The van der Waals surface area contributed by atoms with E-state index in [-0.39, 0.29) is 0 Å². The van der Waals surface area contributed by atoms with Crippen molar-refractivity contribution < 1.29 is 9.13 Å². The minimum Gasteiger partial charge on any atom is -0.461 e. The van der Waals surface area contributed by atoms with Crippen molar-refractivity contribution in [1.29, 1.82) is 0 Å². The molecule has 0 radical (unpaired) electrons. The van der Waals surface area contributed by atoms with Gasteiger partial charge in [0.05, 0.1) is 5.69 Å². The molecule has 2 nitrogen and oxygen atoms in total. The third-order valence-corrected chi connectivity index (χ3v) is 1.13. The summed E-state index contributed by atoms with van der Waals surface area (Å²) in [6.45, 7) is -0.839. The second-order valence-electron chi connectivity index (χ2n) is 1.79. The van der Waals surface area contributed by atoms with Crippen molar-refractivity contribution >= 4 is 5.69 Å². The third kappa shape index (κ3) is 1.37. The zero-order chi connectivity index (χ0) is 7.40. The summed E-state index contributed by atoms with van der Waals surface area (Å²) in [5.41, 5.74) is 5.87. The molecular formula is C7H8FNO. The Morgan fingerprint density at radius 3 is 2.70 bits per heavy atom. The first-order chi connectivity index (χ1) is 4.84. The number of halogens is 1. The van der Waals surface area contributed by atoms with Crippen LogP contribution < -0.4 is 10.5 Å². The molecule has 0 bridgehead atoms. The Labute approximate surface area is 58.4 Å². The summed E-state index contributed by atoms with van der Waals surface area (Å²) in [6.07, 6.45) is 0. The van der Waals surface area contributed by atoms with Gasteiger partial charge < -0.3 is 10.5 Å². The van der Waals surface area contributed by atoms with Crippen LogP contribution in [0.15, 0.2) is 24.3 Å². The van der Waals surface area contributed by atoms with Gasteiger partial charge in [-0.1, -0.05) is 12.1 Å². The monoisotopic (exact) mass is 141 g/mol. The van der Waals surface area contributed by atoms with E-state index in [0.29, 0.717) is 11.4 Å². The molecule has 0 fully saturated rings. The molecule has 10 heavy (non-hydrogen) atoms. The maximum absolute atomic E-state index is 11.6. The van der Waals surface area contributed by atoms with Crippen LogP contribution in [0, 0.1) is 0 Å². The molecule has 0 spiro atoms. The zero-order valence-electron chi connectivity index (χ0n) is 5.38. The molecule has 0 atom stereocenters. The standard InChI is InChI=1S/C7H8FNO/c8-5-10-7-4-2-1-3-6(7)9/h1-4H,5,9H2. The van der Waals surface area contributed by atoms with Crippen molar-refractivity contribution in [2.24, 2.45) is 0 Å². The minimum absolute atomic E-state index is 0.394. The molecule has 1 aromatic rings. The number of ether oxygens (including phenoxy) is 1. The Kier molecular flexibility index (Phi) is 2.10. The van der Waals surface area contributed by atoms with Crippen LogP contribution in [-0.2, 0) is 0 Å². The topological polar surface area (TPSA) is 35.2 Å². The molecule has 0 saturated carbocycles. The van der Waals surface area contributed by atoms with Gasteiger partial charge in [-0.2, -0.15) is 0 Å². The van der Waals surface area contributed by atoms with Crippen molar-refractivity contribution in [3.63, 3.8) is 0 Å². The van der Waals surface area contributed by atoms with Gasteiger partial charge in [-0.25, -0.2) is 4.39 Å². The fraction of sp³-hybridized carbons (Fsp3) is 0.143. The van der Waals surface area contributed by atoms with E-state index in [4.69, 9.17) is 5.73 Å². The van der Waals surface area contributed by atoms with Crippen molar-refractivity contribution in [3.05, 3.63) is 24.3 Å². The number of nitrogen functional groups attached to an aromatic ring is 1. The minimum atomic E-state index is -0.839. The molecule has 0 heterocycles. The van der Waals surface area contributed by atoms with E-state index in [9.17, 15) is 4.39 Å². The third-order valence-electron chi connectivity index (χ3n) is 1.13. The van der Waals surface area contributed by atoms with Crippen LogP contribution in [0.1, 0.15) is 0 Å². The molecule has 0 saturated heterocycles. The number of hydrogen-bond acceptors (Lipinski definition) is 2. The van der Waals surface area contributed by atoms with E-state index < -0.39 is 6.86 Å². The SMILES string of the molecule is Nc1ccccc1OCF. The number of benzene rings is 1. The van der Waals surface area contributed by atoms with Crippen molar-refractivity contribution in [1.82, 2.24) is 0 Å². The van der Waals surface area contributed by atoms with Crippen LogP contribution in [0.4, 0.5) is 10.1 Å². The Hall–Kier alpha value is -1.25. The lowest BCUT2D eigenvalue weighted by Gasteiger charge is -2.02. The van der Waals surface area contributed by atoms with Gasteiger partial charge in [-0.3, -0.25) is 0 Å². The quantitative estimate of drug-likeness (QED) is 0.634. The maximum Gasteiger partial charge on any atom is 0.228 e. The molecule has 1 rings (SSSR count). The number of hydrogen-bond donors (Lipinski definition) is 1. The molecule has 0 aromatic heterocycles. The Bertz CT molecular complexity index is 215. The lowest BCUT2D eigenvalue weighted by atomic mass is 10.3. The highest BCUT2D eigenvalue weighted by molar-refractivity contribution is 5.51. The fourth-order valence-electron chi connectivity index (χ4n) is 0.671. The smallest absolute Gasteiger partial charge is 0.228 e. The van der Waals surface area contributed by atoms with Crippen LogP contribution in [-0.4, -0.2) is 6.86 Å². The van der Waals surface area contributed by atoms with Gasteiger partial charge in [0.25, 0.3) is 0 Å². The van der Waals surface area contributed by atoms with Crippen LogP contribution >= 0.6 is 0 Å². The predicted octanol–water partition coefficient (Wildman–Crippen LogP) is 1.57. The first-order valence-corrected chi connectivity index (χ1v) is 2.88. The molecule has 3 heteroatoms. The molecule has 0 unspecified atom stereocenters. The number of nitrogens with two attached hydrogens (primary N) is 1. The number of alkyl halides is 1. The Balaban J connectivity index is 2.81. The molecule has 1 aromatic carbocycles. The number of rotatable bonds is 2. The van der Waals surface area contributed by atoms with Gasteiger partial charge in [0.1, 0.15) is 5.75 Å². The van der Waals surface area contributed by atoms with Crippen LogP contribution in [0.3, 0.4) is 0 Å². The average Bonchev–Trinajstić information content (AvgIpc) is 1.94. The summed E-state index contributed by atoms with van der Waals surface area (Å²) in [4.78, 5) is 0. The zero-order valence-corrected chi connectivity index (χ0v) is 5.38. The first-order valence-electron chi connectivity index (χ1n) is 2.88. The van der Waals surface area contributed by atoms with Crippen molar-refractivity contribution in [3.8, 4) is 5.75 Å². The predicted molar refractivity (Wildman–Crippen MR) is 37.5 cm³/mol. The summed E-state index contributed by atoms with van der Waals surface area (Å²) < 4.78 is 16.1. The van der Waals surface area contributed by atoms with Crippen molar-refractivity contribution in [2.75, 3.05) is 12.6 Å². The summed E-state index contributed by atoms with van der Waals surface area (Å²) in [6, 6.07) is 6.78. The van der Waals surface area contributed by atoms with E-state index in [1.165, 1.54) is 0 Å². The Morgan fingerprint density at radius 1 is 1.40 bits per heavy atom. The van der Waals surface area contributed by atoms with Gasteiger partial charge in [0.15, 0.2) is 0 Å². The number of para-hydroxylation sites is 2. The van der Waals surface area contributed by atoms with Gasteiger partial charge >= 0.3 is 0 Å². The second kappa shape index (κ2) is 3.06. The first kappa shape index (κ1) is 6.86. The lowest BCUT2D eigenvalue weighted by molar-refractivity contribution is 0.193. The van der Waals surface area contributed by atoms with E-state index >= 15 is 0 Å². The normalized spacial score (nSPS) is 9.30. The van der Waals surface area contributed by atoms with Gasteiger partial charge in [0.2, 0.25) is 6.86 Å².